The molecule has 2 N–H and O–H groups in total. The Balaban J connectivity index is 3.21. The average molecular weight is 244 g/mol. The molecule has 1 aromatic rings. The minimum atomic E-state index is -3.40. The second-order valence-corrected chi connectivity index (χ2v) is 5.10. The fourth-order valence-corrected chi connectivity index (χ4v) is 2.15. The zero-order valence-electron chi connectivity index (χ0n) is 9.57. The summed E-state index contributed by atoms with van der Waals surface area (Å²) in [7, 11) is 1.34. The molecular formula is C10H16N2O3S. The van der Waals surface area contributed by atoms with Gasteiger partial charge in [-0.1, -0.05) is 0 Å². The van der Waals surface area contributed by atoms with E-state index in [0.29, 0.717) is 12.3 Å². The Morgan fingerprint density at radius 2 is 2.00 bits per heavy atom. The number of nitrogens with one attached hydrogen (secondary N) is 2. The maximum atomic E-state index is 11.6. The third-order valence-corrected chi connectivity index (χ3v) is 3.61. The molecule has 0 fully saturated rings. The van der Waals surface area contributed by atoms with Gasteiger partial charge in [0, 0.05) is 12.1 Å². The van der Waals surface area contributed by atoms with E-state index in [9.17, 15) is 8.42 Å². The van der Waals surface area contributed by atoms with Gasteiger partial charge in [-0.15, -0.1) is 0 Å². The molecule has 5 nitrogen and oxygen atoms in total. The van der Waals surface area contributed by atoms with E-state index in [-0.39, 0.29) is 4.90 Å². The van der Waals surface area contributed by atoms with Gasteiger partial charge in [0.15, 0.2) is 0 Å². The molecule has 0 aliphatic heterocycles. The van der Waals surface area contributed by atoms with Gasteiger partial charge in [0.05, 0.1) is 12.0 Å². The van der Waals surface area contributed by atoms with E-state index in [1.165, 1.54) is 13.1 Å². The Bertz CT molecular complexity index is 457. The Kier molecular flexibility index (Phi) is 4.28. The lowest BCUT2D eigenvalue weighted by molar-refractivity contribution is 0.408. The highest BCUT2D eigenvalue weighted by atomic mass is 32.2. The van der Waals surface area contributed by atoms with E-state index in [4.69, 9.17) is 4.74 Å². The van der Waals surface area contributed by atoms with E-state index < -0.39 is 10.0 Å². The van der Waals surface area contributed by atoms with Gasteiger partial charge in [0.1, 0.15) is 5.75 Å². The van der Waals surface area contributed by atoms with Crippen molar-refractivity contribution in [3.05, 3.63) is 23.8 Å². The molecule has 16 heavy (non-hydrogen) atoms. The van der Waals surface area contributed by atoms with Crippen molar-refractivity contribution >= 4 is 10.0 Å². The molecule has 0 saturated carbocycles. The molecule has 0 spiro atoms. The second-order valence-electron chi connectivity index (χ2n) is 3.21. The van der Waals surface area contributed by atoms with Gasteiger partial charge >= 0.3 is 0 Å². The van der Waals surface area contributed by atoms with Gasteiger partial charge < -0.3 is 10.1 Å². The minimum absolute atomic E-state index is 0.237. The number of ether oxygens (including phenoxy) is 1. The van der Waals surface area contributed by atoms with Crippen molar-refractivity contribution in [3.63, 3.8) is 0 Å². The second kappa shape index (κ2) is 5.29. The Morgan fingerprint density at radius 3 is 2.50 bits per heavy atom. The molecule has 0 unspecified atom stereocenters. The third kappa shape index (κ3) is 2.72. The summed E-state index contributed by atoms with van der Waals surface area (Å²) >= 11 is 0. The van der Waals surface area contributed by atoms with Crippen molar-refractivity contribution in [1.82, 2.24) is 10.0 Å². The van der Waals surface area contributed by atoms with Crippen LogP contribution in [-0.2, 0) is 16.6 Å². The average Bonchev–Trinajstić information content (AvgIpc) is 2.29. The highest BCUT2D eigenvalue weighted by molar-refractivity contribution is 7.89. The van der Waals surface area contributed by atoms with Crippen LogP contribution in [0.3, 0.4) is 0 Å². The summed E-state index contributed by atoms with van der Waals surface area (Å²) in [4.78, 5) is 0.237. The Morgan fingerprint density at radius 1 is 1.31 bits per heavy atom. The summed E-state index contributed by atoms with van der Waals surface area (Å²) in [5.74, 6) is 0.671. The van der Waals surface area contributed by atoms with E-state index in [1.54, 1.807) is 26.3 Å². The first-order chi connectivity index (χ1) is 7.55. The largest absolute Gasteiger partial charge is 0.496 e. The number of hydrogen-bond donors (Lipinski definition) is 2. The molecule has 0 heterocycles. The summed E-state index contributed by atoms with van der Waals surface area (Å²) < 4.78 is 30.6. The summed E-state index contributed by atoms with van der Waals surface area (Å²) in [6.45, 7) is 0.552. The summed E-state index contributed by atoms with van der Waals surface area (Å²) in [6, 6.07) is 4.77. The summed E-state index contributed by atoms with van der Waals surface area (Å²) in [5.41, 5.74) is 0.807. The lowest BCUT2D eigenvalue weighted by Gasteiger charge is -2.10. The number of rotatable bonds is 5. The molecule has 90 valence electrons. The molecule has 0 atom stereocenters. The molecule has 1 aromatic carbocycles. The van der Waals surface area contributed by atoms with Crippen LogP contribution in [0.1, 0.15) is 5.56 Å². The van der Waals surface area contributed by atoms with Crippen LogP contribution in [-0.4, -0.2) is 29.6 Å². The summed E-state index contributed by atoms with van der Waals surface area (Å²) in [5, 5.41) is 2.96. The summed E-state index contributed by atoms with van der Waals surface area (Å²) in [6.07, 6.45) is 0. The number of methoxy groups -OCH3 is 1. The van der Waals surface area contributed by atoms with Gasteiger partial charge in [-0.05, 0) is 32.3 Å². The predicted molar refractivity (Wildman–Crippen MR) is 62.0 cm³/mol. The number of benzene rings is 1. The van der Waals surface area contributed by atoms with Crippen LogP contribution in [0, 0.1) is 0 Å². The molecular weight excluding hydrogens is 228 g/mol. The van der Waals surface area contributed by atoms with E-state index in [0.717, 1.165) is 5.56 Å². The fraction of sp³-hybridized carbons (Fsp3) is 0.400. The third-order valence-electron chi connectivity index (χ3n) is 2.20. The molecule has 0 radical (unpaired) electrons. The zero-order chi connectivity index (χ0) is 12.2. The molecule has 0 amide bonds. The molecule has 0 aliphatic carbocycles. The molecule has 6 heteroatoms. The van der Waals surface area contributed by atoms with Gasteiger partial charge in [0.2, 0.25) is 10.0 Å². The molecule has 0 bridgehead atoms. The van der Waals surface area contributed by atoms with E-state index >= 15 is 0 Å². The normalized spacial score (nSPS) is 11.4. The highest BCUT2D eigenvalue weighted by Gasteiger charge is 2.13. The fourth-order valence-electron chi connectivity index (χ4n) is 1.37. The SMILES string of the molecule is CNCc1cc(S(=O)(=O)NC)ccc1OC. The van der Waals surface area contributed by atoms with Crippen LogP contribution in [0.2, 0.25) is 0 Å². The monoisotopic (exact) mass is 244 g/mol. The van der Waals surface area contributed by atoms with Gasteiger partial charge in [0.25, 0.3) is 0 Å². The zero-order valence-corrected chi connectivity index (χ0v) is 10.4. The maximum absolute atomic E-state index is 11.6. The van der Waals surface area contributed by atoms with E-state index in [2.05, 4.69) is 10.0 Å². The van der Waals surface area contributed by atoms with Crippen LogP contribution in [0.25, 0.3) is 0 Å². The molecule has 1 rings (SSSR count). The molecule has 0 saturated heterocycles. The maximum Gasteiger partial charge on any atom is 0.240 e. The first kappa shape index (κ1) is 13.0. The van der Waals surface area contributed by atoms with Crippen LogP contribution in [0.4, 0.5) is 0 Å². The van der Waals surface area contributed by atoms with Gasteiger partial charge in [-0.25, -0.2) is 13.1 Å². The Hall–Kier alpha value is -1.11. The molecule has 0 aliphatic rings. The molecule has 0 aromatic heterocycles. The number of sulfonamides is 1. The number of hydrogen-bond acceptors (Lipinski definition) is 4. The minimum Gasteiger partial charge on any atom is -0.496 e. The van der Waals surface area contributed by atoms with Crippen LogP contribution >= 0.6 is 0 Å². The van der Waals surface area contributed by atoms with E-state index in [1.807, 2.05) is 0 Å². The first-order valence-electron chi connectivity index (χ1n) is 4.80. The lowest BCUT2D eigenvalue weighted by Crippen LogP contribution is -2.19. The van der Waals surface area contributed by atoms with Crippen molar-refractivity contribution < 1.29 is 13.2 Å². The predicted octanol–water partition coefficient (Wildman–Crippen LogP) is 0.323. The standard InChI is InChI=1S/C10H16N2O3S/c1-11-7-8-6-9(16(13,14)12-2)4-5-10(8)15-3/h4-6,11-12H,7H2,1-3H3. The highest BCUT2D eigenvalue weighted by Crippen LogP contribution is 2.22. The van der Waals surface area contributed by atoms with Crippen molar-refractivity contribution in [2.24, 2.45) is 0 Å². The quantitative estimate of drug-likeness (QED) is 0.783. The van der Waals surface area contributed by atoms with Crippen molar-refractivity contribution in [2.75, 3.05) is 21.2 Å². The lowest BCUT2D eigenvalue weighted by atomic mass is 10.2. The van der Waals surface area contributed by atoms with Crippen molar-refractivity contribution in [1.29, 1.82) is 0 Å². The topological polar surface area (TPSA) is 67.4 Å². The smallest absolute Gasteiger partial charge is 0.240 e. The van der Waals surface area contributed by atoms with Gasteiger partial charge in [-0.2, -0.15) is 0 Å². The van der Waals surface area contributed by atoms with Crippen molar-refractivity contribution in [2.45, 2.75) is 11.4 Å². The van der Waals surface area contributed by atoms with Crippen LogP contribution < -0.4 is 14.8 Å². The van der Waals surface area contributed by atoms with Crippen LogP contribution in [0.15, 0.2) is 23.1 Å². The van der Waals surface area contributed by atoms with Crippen molar-refractivity contribution in [3.8, 4) is 5.75 Å². The van der Waals surface area contributed by atoms with Gasteiger partial charge in [-0.3, -0.25) is 0 Å². The Labute approximate surface area is 95.9 Å². The van der Waals surface area contributed by atoms with Crippen LogP contribution in [0.5, 0.6) is 5.75 Å². The first-order valence-corrected chi connectivity index (χ1v) is 6.28.